The first-order valence-corrected chi connectivity index (χ1v) is 5.08. The van der Waals surface area contributed by atoms with Crippen LogP contribution in [-0.4, -0.2) is 42.2 Å². The van der Waals surface area contributed by atoms with Crippen molar-refractivity contribution in [2.75, 3.05) is 13.1 Å². The summed E-state index contributed by atoms with van der Waals surface area (Å²) in [4.78, 5) is 13.0. The Morgan fingerprint density at radius 1 is 1.53 bits per heavy atom. The van der Waals surface area contributed by atoms with Crippen molar-refractivity contribution >= 4 is 18.2 Å². The van der Waals surface area contributed by atoms with E-state index >= 15 is 0 Å². The quantitative estimate of drug-likeness (QED) is 0.631. The molecule has 1 fully saturated rings. The zero-order valence-corrected chi connectivity index (χ0v) is 8.68. The molecule has 6 heteroatoms. The molecule has 0 atom stereocenters. The Hall–Kier alpha value is -1.59. The molecule has 1 amide bonds. The maximum absolute atomic E-state index is 11.1. The monoisotopic (exact) mass is 208 g/mol. The Balaban J connectivity index is 1.76. The molecular formula is C9H14N5O. The third kappa shape index (κ3) is 2.45. The van der Waals surface area contributed by atoms with Crippen molar-refractivity contribution in [3.63, 3.8) is 0 Å². The average molecular weight is 208 g/mol. The molecule has 6 nitrogen and oxygen atoms in total. The first kappa shape index (κ1) is 9.95. The third-order valence-corrected chi connectivity index (χ3v) is 2.66. The zero-order valence-electron chi connectivity index (χ0n) is 8.68. The molecule has 2 heterocycles. The molecule has 0 saturated carbocycles. The minimum absolute atomic E-state index is 0.152. The predicted molar refractivity (Wildman–Crippen MR) is 56.5 cm³/mol. The van der Waals surface area contributed by atoms with Crippen LogP contribution in [0.1, 0.15) is 19.8 Å². The van der Waals surface area contributed by atoms with Crippen molar-refractivity contribution in [1.82, 2.24) is 15.5 Å². The topological polar surface area (TPSA) is 71.2 Å². The van der Waals surface area contributed by atoms with Crippen LogP contribution >= 0.6 is 0 Å². The molecule has 0 aromatic carbocycles. The minimum atomic E-state index is 0.152. The van der Waals surface area contributed by atoms with Gasteiger partial charge in [-0.3, -0.25) is 4.79 Å². The van der Waals surface area contributed by atoms with Gasteiger partial charge in [-0.2, -0.15) is 5.32 Å². The van der Waals surface area contributed by atoms with E-state index in [2.05, 4.69) is 20.8 Å². The van der Waals surface area contributed by atoms with Gasteiger partial charge in [0, 0.05) is 26.1 Å². The number of rotatable bonds is 1. The second kappa shape index (κ2) is 4.29. The fraction of sp³-hybridized carbons (Fsp3) is 0.667. The van der Waals surface area contributed by atoms with E-state index in [0.29, 0.717) is 12.0 Å². The summed E-state index contributed by atoms with van der Waals surface area (Å²) in [5.74, 6) is 0.732. The summed E-state index contributed by atoms with van der Waals surface area (Å²) in [5, 5.41) is 14.6. The summed E-state index contributed by atoms with van der Waals surface area (Å²) < 4.78 is 0. The van der Waals surface area contributed by atoms with E-state index in [0.717, 1.165) is 25.9 Å². The van der Waals surface area contributed by atoms with Gasteiger partial charge in [-0.25, -0.2) is 0 Å². The maximum atomic E-state index is 11.1. The van der Waals surface area contributed by atoms with E-state index in [4.69, 9.17) is 0 Å². The lowest BCUT2D eigenvalue weighted by Gasteiger charge is -2.31. The van der Waals surface area contributed by atoms with Crippen molar-refractivity contribution in [2.45, 2.75) is 25.8 Å². The van der Waals surface area contributed by atoms with Gasteiger partial charge in [0.15, 0.2) is 0 Å². The number of likely N-dealkylation sites (tertiary alicyclic amines) is 1. The molecule has 0 unspecified atom stereocenters. The second-order valence-electron chi connectivity index (χ2n) is 3.71. The van der Waals surface area contributed by atoms with Crippen molar-refractivity contribution < 1.29 is 4.79 Å². The van der Waals surface area contributed by atoms with Crippen LogP contribution in [-0.2, 0) is 4.79 Å². The highest BCUT2D eigenvalue weighted by Gasteiger charge is 2.21. The standard InChI is InChI=1S/C9H14N5O/c1-7(15)14-4-2-8(3-5-14)12-9-10-6-11-13-9/h6,8H,2-5H2,1H3,(H,12,13). The van der Waals surface area contributed by atoms with Gasteiger partial charge in [0.1, 0.15) is 6.34 Å². The third-order valence-electron chi connectivity index (χ3n) is 2.66. The molecule has 0 bridgehead atoms. The lowest BCUT2D eigenvalue weighted by atomic mass is 10.1. The lowest BCUT2D eigenvalue weighted by molar-refractivity contribution is -0.129. The van der Waals surface area contributed by atoms with Gasteiger partial charge in [-0.1, -0.05) is 0 Å². The summed E-state index contributed by atoms with van der Waals surface area (Å²) in [5.41, 5.74) is 0. The highest BCUT2D eigenvalue weighted by Crippen LogP contribution is 2.10. The number of nitrogens with zero attached hydrogens (tertiary/aromatic N) is 4. The number of carbonyl (C=O) groups excluding carboxylic acids is 1. The maximum Gasteiger partial charge on any atom is 0.244 e. The summed E-state index contributed by atoms with van der Waals surface area (Å²) in [6, 6.07) is 0.352. The molecule has 1 radical (unpaired) electrons. The van der Waals surface area contributed by atoms with E-state index < -0.39 is 0 Å². The first-order chi connectivity index (χ1) is 7.25. The number of piperidine rings is 1. The van der Waals surface area contributed by atoms with Gasteiger partial charge in [0.05, 0.1) is 0 Å². The van der Waals surface area contributed by atoms with Crippen LogP contribution < -0.4 is 10.6 Å². The van der Waals surface area contributed by atoms with Gasteiger partial charge in [0.2, 0.25) is 11.9 Å². The Morgan fingerprint density at radius 2 is 2.27 bits per heavy atom. The molecule has 1 N–H and O–H groups in total. The summed E-state index contributed by atoms with van der Waals surface area (Å²) >= 11 is 0. The Bertz CT molecular complexity index is 304. The van der Waals surface area contributed by atoms with Crippen LogP contribution in [0.3, 0.4) is 0 Å². The van der Waals surface area contributed by atoms with Crippen LogP contribution in [0.5, 0.6) is 0 Å². The van der Waals surface area contributed by atoms with Crippen molar-refractivity contribution in [1.29, 1.82) is 0 Å². The van der Waals surface area contributed by atoms with Crippen LogP contribution in [0.25, 0.3) is 0 Å². The van der Waals surface area contributed by atoms with Gasteiger partial charge in [0.25, 0.3) is 0 Å². The molecule has 1 saturated heterocycles. The second-order valence-corrected chi connectivity index (χ2v) is 3.71. The molecule has 0 aliphatic carbocycles. The van der Waals surface area contributed by atoms with E-state index in [9.17, 15) is 4.79 Å². The van der Waals surface area contributed by atoms with Gasteiger partial charge >= 0.3 is 0 Å². The molecule has 15 heavy (non-hydrogen) atoms. The van der Waals surface area contributed by atoms with Crippen LogP contribution in [0.2, 0.25) is 0 Å². The highest BCUT2D eigenvalue weighted by molar-refractivity contribution is 5.92. The Morgan fingerprint density at radius 3 is 2.80 bits per heavy atom. The van der Waals surface area contributed by atoms with Crippen LogP contribution in [0, 0.1) is 0 Å². The molecule has 0 aromatic rings. The molecule has 2 aliphatic rings. The fourth-order valence-electron chi connectivity index (χ4n) is 1.77. The number of hydrogen-bond acceptors (Lipinski definition) is 4. The Kier molecular flexibility index (Phi) is 2.84. The van der Waals surface area contributed by atoms with Crippen LogP contribution in [0.15, 0.2) is 10.2 Å². The van der Waals surface area contributed by atoms with Gasteiger partial charge < -0.3 is 10.2 Å². The average Bonchev–Trinajstić information content (AvgIpc) is 2.71. The fourth-order valence-corrected chi connectivity index (χ4v) is 1.77. The van der Waals surface area contributed by atoms with E-state index in [-0.39, 0.29) is 5.91 Å². The predicted octanol–water partition coefficient (Wildman–Crippen LogP) is -0.496. The smallest absolute Gasteiger partial charge is 0.244 e. The van der Waals surface area contributed by atoms with Crippen molar-refractivity contribution in [3.05, 3.63) is 0 Å². The molecule has 81 valence electrons. The number of carbonyl (C=O) groups is 1. The summed E-state index contributed by atoms with van der Waals surface area (Å²) in [6.45, 7) is 3.22. The normalized spacial score (nSPS) is 21.1. The molecule has 0 aromatic heterocycles. The number of hydrogen-bond donors (Lipinski definition) is 1. The Labute approximate surface area is 88.4 Å². The zero-order chi connectivity index (χ0) is 10.7. The van der Waals surface area contributed by atoms with Crippen molar-refractivity contribution in [2.24, 2.45) is 10.2 Å². The van der Waals surface area contributed by atoms with E-state index in [1.807, 2.05) is 4.90 Å². The van der Waals surface area contributed by atoms with E-state index in [1.54, 1.807) is 6.92 Å². The highest BCUT2D eigenvalue weighted by atomic mass is 16.2. The lowest BCUT2D eigenvalue weighted by Crippen LogP contribution is -2.47. The summed E-state index contributed by atoms with van der Waals surface area (Å²) in [7, 11) is 0. The molecule has 2 rings (SSSR count). The van der Waals surface area contributed by atoms with Crippen LogP contribution in [0.4, 0.5) is 0 Å². The SMILES string of the molecule is CC(=O)N1CCC(NC2=NN=C[N]2)CC1. The van der Waals surface area contributed by atoms with E-state index in [1.165, 1.54) is 6.34 Å². The minimum Gasteiger partial charge on any atom is -0.350 e. The van der Waals surface area contributed by atoms with Crippen molar-refractivity contribution in [3.8, 4) is 0 Å². The first-order valence-electron chi connectivity index (χ1n) is 5.08. The molecule has 0 spiro atoms. The molecule has 2 aliphatic heterocycles. The van der Waals surface area contributed by atoms with Gasteiger partial charge in [-0.05, 0) is 12.8 Å². The number of nitrogens with one attached hydrogen (secondary N) is 1. The number of guanidine groups is 1. The largest absolute Gasteiger partial charge is 0.350 e. The molecular weight excluding hydrogens is 194 g/mol. The van der Waals surface area contributed by atoms with Gasteiger partial charge in [-0.15, -0.1) is 10.2 Å². The summed E-state index contributed by atoms with van der Waals surface area (Å²) in [6.07, 6.45) is 3.30. The number of amides is 1.